The van der Waals surface area contributed by atoms with Crippen molar-refractivity contribution in [1.82, 2.24) is 20.0 Å². The van der Waals surface area contributed by atoms with Gasteiger partial charge in [-0.05, 0) is 102 Å². The fourth-order valence-corrected chi connectivity index (χ4v) is 6.48. The van der Waals surface area contributed by atoms with Gasteiger partial charge in [0.05, 0.1) is 13.2 Å². The summed E-state index contributed by atoms with van der Waals surface area (Å²) in [5.74, 6) is 0.994. The number of phenolic OH excluding ortho intramolecular Hbond substituents is 1. The minimum Gasteiger partial charge on any atom is -0.512 e. The molecule has 0 spiro atoms. The first kappa shape index (κ1) is 41.4. The summed E-state index contributed by atoms with van der Waals surface area (Å²) in [6, 6.07) is 13.0. The summed E-state index contributed by atoms with van der Waals surface area (Å²) in [6.45, 7) is 18.6. The molecule has 10 nitrogen and oxygen atoms in total. The second-order valence-corrected chi connectivity index (χ2v) is 13.1. The average Bonchev–Trinajstić information content (AvgIpc) is 3.64. The Bertz CT molecular complexity index is 1260. The van der Waals surface area contributed by atoms with Crippen LogP contribution in [0, 0.1) is 20.8 Å². The highest BCUT2D eigenvalue weighted by Gasteiger charge is 2.25. The number of carbonyl (C=O) groups excluding carboxylic acids is 2. The lowest BCUT2D eigenvalue weighted by atomic mass is 10.0. The van der Waals surface area contributed by atoms with E-state index in [9.17, 15) is 19.8 Å². The summed E-state index contributed by atoms with van der Waals surface area (Å²) < 4.78 is 5.39. The van der Waals surface area contributed by atoms with Crippen LogP contribution in [0.5, 0.6) is 5.75 Å². The number of ether oxygens (including phenoxy) is 1. The number of rotatable bonds is 15. The van der Waals surface area contributed by atoms with Gasteiger partial charge in [-0.2, -0.15) is 0 Å². The maximum atomic E-state index is 11.6. The molecular weight excluding hydrogens is 618 g/mol. The van der Waals surface area contributed by atoms with E-state index in [1.54, 1.807) is 0 Å². The molecule has 1 amide bonds. The Morgan fingerprint density at radius 1 is 1.00 bits per heavy atom. The Balaban J connectivity index is 0.000000309. The first-order valence-electron chi connectivity index (χ1n) is 18.0. The van der Waals surface area contributed by atoms with Crippen LogP contribution in [0.3, 0.4) is 0 Å². The molecule has 0 saturated carbocycles. The van der Waals surface area contributed by atoms with Gasteiger partial charge in [0, 0.05) is 51.1 Å². The van der Waals surface area contributed by atoms with Crippen LogP contribution in [0.1, 0.15) is 75.1 Å². The zero-order valence-corrected chi connectivity index (χ0v) is 31.1. The third-order valence-corrected chi connectivity index (χ3v) is 9.06. The van der Waals surface area contributed by atoms with Gasteiger partial charge in [-0.15, -0.1) is 0 Å². The molecule has 0 aromatic heterocycles. The smallest absolute Gasteiger partial charge is 0.209 e. The molecule has 49 heavy (non-hydrogen) atoms. The quantitative estimate of drug-likeness (QED) is 0.134. The molecule has 0 radical (unpaired) electrons. The highest BCUT2D eigenvalue weighted by atomic mass is 16.5. The molecule has 0 bridgehead atoms. The molecule has 2 aliphatic heterocycles. The van der Waals surface area contributed by atoms with Crippen molar-refractivity contribution in [3.05, 3.63) is 70.7 Å². The number of para-hydroxylation sites is 1. The molecule has 2 saturated heterocycles. The van der Waals surface area contributed by atoms with Gasteiger partial charge in [-0.1, -0.05) is 49.7 Å². The molecule has 274 valence electrons. The number of aromatic hydroxyl groups is 1. The number of amides is 1. The van der Waals surface area contributed by atoms with Crippen molar-refractivity contribution >= 4 is 17.9 Å². The summed E-state index contributed by atoms with van der Waals surface area (Å²) in [4.78, 5) is 29.2. The van der Waals surface area contributed by atoms with Crippen molar-refractivity contribution in [1.29, 1.82) is 0 Å². The van der Waals surface area contributed by atoms with Crippen LogP contribution < -0.4 is 10.6 Å². The Morgan fingerprint density at radius 3 is 2.14 bits per heavy atom. The summed E-state index contributed by atoms with van der Waals surface area (Å²) in [5.41, 5.74) is 5.40. The predicted molar refractivity (Wildman–Crippen MR) is 200 cm³/mol. The van der Waals surface area contributed by atoms with Gasteiger partial charge in [0.15, 0.2) is 0 Å². The zero-order valence-electron chi connectivity index (χ0n) is 31.1. The average molecular weight is 682 g/mol. The number of benzene rings is 2. The van der Waals surface area contributed by atoms with E-state index in [2.05, 4.69) is 35.4 Å². The number of Topliss-reactive ketones (excluding diaryl/α,β-unsaturated/α-hetero) is 1. The lowest BCUT2D eigenvalue weighted by Gasteiger charge is -2.38. The third-order valence-electron chi connectivity index (χ3n) is 9.06. The van der Waals surface area contributed by atoms with Crippen molar-refractivity contribution in [3.8, 4) is 5.75 Å². The van der Waals surface area contributed by atoms with E-state index in [4.69, 9.17) is 4.74 Å². The van der Waals surface area contributed by atoms with Gasteiger partial charge in [0.2, 0.25) is 6.41 Å². The number of ketones is 1. The molecule has 4 N–H and O–H groups in total. The second kappa shape index (κ2) is 22.8. The zero-order chi connectivity index (χ0) is 36.2. The largest absolute Gasteiger partial charge is 0.512 e. The molecule has 2 aromatic carbocycles. The number of aliphatic hydroxyl groups excluding tert-OH is 1. The number of phenols is 1. The number of hydrogen-bond donors (Lipinski definition) is 4. The molecular formula is C39H63N5O5. The number of aryl methyl sites for hydroxylation is 3. The van der Waals surface area contributed by atoms with Gasteiger partial charge in [-0.3, -0.25) is 14.5 Å². The topological polar surface area (TPSA) is 118 Å². The van der Waals surface area contributed by atoms with Crippen LogP contribution in [-0.2, 0) is 20.7 Å². The fraction of sp³-hybridized carbons (Fsp3) is 0.590. The number of aliphatic hydroxyl groups is 1. The highest BCUT2D eigenvalue weighted by molar-refractivity contribution is 5.77. The van der Waals surface area contributed by atoms with Crippen LogP contribution >= 0.6 is 0 Å². The van der Waals surface area contributed by atoms with Gasteiger partial charge < -0.3 is 35.4 Å². The lowest BCUT2D eigenvalue weighted by Crippen LogP contribution is -2.46. The van der Waals surface area contributed by atoms with E-state index in [0.717, 1.165) is 75.1 Å². The maximum Gasteiger partial charge on any atom is 0.209 e. The number of nitrogens with zero attached hydrogens (tertiary/aromatic N) is 3. The van der Waals surface area contributed by atoms with Crippen LogP contribution in [-0.4, -0.2) is 109 Å². The summed E-state index contributed by atoms with van der Waals surface area (Å²) >= 11 is 0. The van der Waals surface area contributed by atoms with E-state index in [1.165, 1.54) is 50.4 Å². The van der Waals surface area contributed by atoms with Crippen molar-refractivity contribution in [2.75, 3.05) is 64.8 Å². The number of anilines is 1. The number of piperidine rings is 1. The van der Waals surface area contributed by atoms with Gasteiger partial charge in [0.25, 0.3) is 0 Å². The SMILES string of the molecule is CCCN(CCC)C1CCOC1.CNc1ccccc1CCN(C=O)C1CCN(/C(=C/O)NCC(C)=O)CC1.Cc1cc(C)c(O)c(C)c1. The Kier molecular flexibility index (Phi) is 19.3. The van der Waals surface area contributed by atoms with E-state index < -0.39 is 0 Å². The van der Waals surface area contributed by atoms with E-state index in [0.29, 0.717) is 24.2 Å². The van der Waals surface area contributed by atoms with Crippen LogP contribution in [0.25, 0.3) is 0 Å². The molecule has 1 unspecified atom stereocenters. The fourth-order valence-electron chi connectivity index (χ4n) is 6.48. The standard InChI is InChI=1S/C20H30N4O3.C10H21NO.C9H12O/c1-16(27)13-22-20(14-25)23-11-8-18(9-12-23)24(15-26)10-7-17-5-3-4-6-19(17)21-2;1-3-6-11(7-4-2)10-5-8-12-9-10;1-6-4-7(2)9(10)8(3)5-6/h3-6,14-15,18,21-22,25H,7-13H2,1-2H3;10H,3-9H2,1-2H3;4-5,10H,1-3H3/b20-14+;;. The van der Waals surface area contributed by atoms with Crippen molar-refractivity contribution in [3.63, 3.8) is 0 Å². The van der Waals surface area contributed by atoms with Gasteiger partial charge in [-0.25, -0.2) is 0 Å². The molecule has 2 aliphatic rings. The first-order valence-corrected chi connectivity index (χ1v) is 18.0. The Labute approximate surface area is 295 Å². The van der Waals surface area contributed by atoms with Crippen molar-refractivity contribution in [2.24, 2.45) is 0 Å². The third kappa shape index (κ3) is 14.3. The number of hydrogen-bond acceptors (Lipinski definition) is 9. The number of carbonyl (C=O) groups is 2. The van der Waals surface area contributed by atoms with Crippen LogP contribution in [0.2, 0.25) is 0 Å². The summed E-state index contributed by atoms with van der Waals surface area (Å²) in [5, 5.41) is 24.9. The lowest BCUT2D eigenvalue weighted by molar-refractivity contribution is -0.121. The number of likely N-dealkylation sites (tertiary alicyclic amines) is 1. The molecule has 2 fully saturated rings. The van der Waals surface area contributed by atoms with Gasteiger partial charge >= 0.3 is 0 Å². The first-order chi connectivity index (χ1) is 23.6. The molecule has 0 aliphatic carbocycles. The molecule has 4 rings (SSSR count). The number of nitrogens with one attached hydrogen (secondary N) is 2. The monoisotopic (exact) mass is 681 g/mol. The highest BCUT2D eigenvalue weighted by Crippen LogP contribution is 2.22. The van der Waals surface area contributed by atoms with Gasteiger partial charge in [0.1, 0.15) is 23.6 Å². The van der Waals surface area contributed by atoms with E-state index >= 15 is 0 Å². The van der Waals surface area contributed by atoms with E-state index in [1.807, 2.05) is 68.0 Å². The molecule has 2 heterocycles. The maximum absolute atomic E-state index is 11.6. The second-order valence-electron chi connectivity index (χ2n) is 13.1. The van der Waals surface area contributed by atoms with Crippen LogP contribution in [0.15, 0.2) is 48.5 Å². The van der Waals surface area contributed by atoms with Crippen LogP contribution in [0.4, 0.5) is 5.69 Å². The summed E-state index contributed by atoms with van der Waals surface area (Å²) in [7, 11) is 1.90. The Hall–Kier alpha value is -3.76. The van der Waals surface area contributed by atoms with Crippen molar-refractivity contribution < 1.29 is 24.5 Å². The minimum absolute atomic E-state index is 0.0122. The van der Waals surface area contributed by atoms with E-state index in [-0.39, 0.29) is 18.4 Å². The summed E-state index contributed by atoms with van der Waals surface area (Å²) in [6.07, 6.45) is 8.16. The van der Waals surface area contributed by atoms with Crippen molar-refractivity contribution in [2.45, 2.75) is 92.2 Å². The Morgan fingerprint density at radius 2 is 1.63 bits per heavy atom. The predicted octanol–water partition coefficient (Wildman–Crippen LogP) is 5.94. The minimum atomic E-state index is 0.0122. The normalized spacial score (nSPS) is 16.3. The molecule has 10 heteroatoms. The molecule has 2 aromatic rings. The molecule has 1 atom stereocenters.